The SMILES string of the molecule is CCN(CC)C(=O)CN(C)Cc1ccnc(CN)c1. The number of nitrogens with two attached hydrogens (primary N) is 1. The molecule has 0 aliphatic heterocycles. The summed E-state index contributed by atoms with van der Waals surface area (Å²) < 4.78 is 0. The van der Waals surface area contributed by atoms with Crippen molar-refractivity contribution >= 4 is 5.91 Å². The molecular weight excluding hydrogens is 240 g/mol. The van der Waals surface area contributed by atoms with Gasteiger partial charge < -0.3 is 10.6 Å². The topological polar surface area (TPSA) is 62.5 Å². The van der Waals surface area contributed by atoms with E-state index >= 15 is 0 Å². The van der Waals surface area contributed by atoms with Crippen molar-refractivity contribution in [3.05, 3.63) is 29.6 Å². The van der Waals surface area contributed by atoms with Gasteiger partial charge in [0.25, 0.3) is 0 Å². The summed E-state index contributed by atoms with van der Waals surface area (Å²) in [6.07, 6.45) is 1.76. The Kier molecular flexibility index (Phi) is 6.45. The van der Waals surface area contributed by atoms with Crippen molar-refractivity contribution in [3.8, 4) is 0 Å². The Balaban J connectivity index is 2.54. The number of rotatable bonds is 7. The van der Waals surface area contributed by atoms with Crippen molar-refractivity contribution in [2.75, 3.05) is 26.7 Å². The number of hydrogen-bond acceptors (Lipinski definition) is 4. The van der Waals surface area contributed by atoms with E-state index < -0.39 is 0 Å². The zero-order chi connectivity index (χ0) is 14.3. The quantitative estimate of drug-likeness (QED) is 0.793. The molecule has 0 fully saturated rings. The van der Waals surface area contributed by atoms with E-state index in [0.29, 0.717) is 13.1 Å². The average Bonchev–Trinajstić information content (AvgIpc) is 2.40. The van der Waals surface area contributed by atoms with Crippen LogP contribution in [0.25, 0.3) is 0 Å². The average molecular weight is 264 g/mol. The lowest BCUT2D eigenvalue weighted by molar-refractivity contribution is -0.131. The smallest absolute Gasteiger partial charge is 0.236 e. The highest BCUT2D eigenvalue weighted by Crippen LogP contribution is 2.05. The molecule has 106 valence electrons. The molecule has 0 saturated heterocycles. The van der Waals surface area contributed by atoms with Gasteiger partial charge in [-0.15, -0.1) is 0 Å². The lowest BCUT2D eigenvalue weighted by atomic mass is 10.2. The van der Waals surface area contributed by atoms with E-state index in [2.05, 4.69) is 4.98 Å². The Labute approximate surface area is 115 Å². The van der Waals surface area contributed by atoms with E-state index in [0.717, 1.165) is 30.9 Å². The predicted molar refractivity (Wildman–Crippen MR) is 76.4 cm³/mol. The summed E-state index contributed by atoms with van der Waals surface area (Å²) >= 11 is 0. The van der Waals surface area contributed by atoms with Crippen LogP contribution < -0.4 is 5.73 Å². The maximum atomic E-state index is 12.0. The Morgan fingerprint density at radius 2 is 2.05 bits per heavy atom. The van der Waals surface area contributed by atoms with E-state index in [4.69, 9.17) is 5.73 Å². The molecule has 0 aromatic carbocycles. The monoisotopic (exact) mass is 264 g/mol. The molecule has 1 rings (SSSR count). The molecule has 0 spiro atoms. The van der Waals surface area contributed by atoms with Crippen molar-refractivity contribution in [2.24, 2.45) is 5.73 Å². The van der Waals surface area contributed by atoms with Crippen molar-refractivity contribution in [2.45, 2.75) is 26.9 Å². The first kappa shape index (κ1) is 15.6. The molecule has 2 N–H and O–H groups in total. The molecule has 5 heteroatoms. The van der Waals surface area contributed by atoms with E-state index in [9.17, 15) is 4.79 Å². The van der Waals surface area contributed by atoms with Crippen LogP contribution in [0.3, 0.4) is 0 Å². The van der Waals surface area contributed by atoms with Crippen LogP contribution in [-0.4, -0.2) is 47.4 Å². The highest BCUT2D eigenvalue weighted by atomic mass is 16.2. The van der Waals surface area contributed by atoms with Gasteiger partial charge in [-0.1, -0.05) is 0 Å². The van der Waals surface area contributed by atoms with E-state index in [1.54, 1.807) is 6.20 Å². The third-order valence-corrected chi connectivity index (χ3v) is 3.06. The van der Waals surface area contributed by atoms with Gasteiger partial charge in [0.05, 0.1) is 12.2 Å². The van der Waals surface area contributed by atoms with Crippen LogP contribution in [0.1, 0.15) is 25.1 Å². The lowest BCUT2D eigenvalue weighted by Gasteiger charge is -2.23. The molecule has 0 atom stereocenters. The van der Waals surface area contributed by atoms with Gasteiger partial charge in [0.1, 0.15) is 0 Å². The molecule has 0 unspecified atom stereocenters. The molecule has 1 aromatic heterocycles. The predicted octanol–water partition coefficient (Wildman–Crippen LogP) is 0.841. The van der Waals surface area contributed by atoms with Gasteiger partial charge in [-0.2, -0.15) is 0 Å². The molecule has 0 aliphatic rings. The Hall–Kier alpha value is -1.46. The second-order valence-electron chi connectivity index (χ2n) is 4.60. The first-order valence-electron chi connectivity index (χ1n) is 6.70. The van der Waals surface area contributed by atoms with Gasteiger partial charge >= 0.3 is 0 Å². The fourth-order valence-corrected chi connectivity index (χ4v) is 2.01. The zero-order valence-electron chi connectivity index (χ0n) is 12.1. The third-order valence-electron chi connectivity index (χ3n) is 3.06. The highest BCUT2D eigenvalue weighted by Gasteiger charge is 2.12. The van der Waals surface area contributed by atoms with Gasteiger partial charge in [0, 0.05) is 32.4 Å². The molecule has 1 amide bonds. The molecule has 5 nitrogen and oxygen atoms in total. The molecule has 1 heterocycles. The summed E-state index contributed by atoms with van der Waals surface area (Å²) in [5, 5.41) is 0. The normalized spacial score (nSPS) is 10.8. The molecule has 19 heavy (non-hydrogen) atoms. The van der Waals surface area contributed by atoms with Gasteiger partial charge in [-0.3, -0.25) is 14.7 Å². The van der Waals surface area contributed by atoms with Gasteiger partial charge in [0.2, 0.25) is 5.91 Å². The summed E-state index contributed by atoms with van der Waals surface area (Å²) in [6, 6.07) is 3.94. The number of carbonyl (C=O) groups excluding carboxylic acids is 1. The van der Waals surface area contributed by atoms with Crippen LogP contribution in [0.4, 0.5) is 0 Å². The molecule has 0 saturated carbocycles. The zero-order valence-corrected chi connectivity index (χ0v) is 12.1. The van der Waals surface area contributed by atoms with Crippen molar-refractivity contribution in [1.29, 1.82) is 0 Å². The lowest BCUT2D eigenvalue weighted by Crippen LogP contribution is -2.38. The standard InChI is InChI=1S/C14H24N4O/c1-4-18(5-2)14(19)11-17(3)10-12-6-7-16-13(8-12)9-15/h6-8H,4-5,9-11,15H2,1-3H3. The molecule has 0 radical (unpaired) electrons. The fraction of sp³-hybridized carbons (Fsp3) is 0.571. The minimum Gasteiger partial charge on any atom is -0.342 e. The van der Waals surface area contributed by atoms with Crippen LogP contribution in [0.5, 0.6) is 0 Å². The number of aromatic nitrogens is 1. The second-order valence-corrected chi connectivity index (χ2v) is 4.60. The van der Waals surface area contributed by atoms with Gasteiger partial charge in [0.15, 0.2) is 0 Å². The van der Waals surface area contributed by atoms with Gasteiger partial charge in [-0.05, 0) is 38.6 Å². The number of amides is 1. The van der Waals surface area contributed by atoms with E-state index in [1.807, 2.05) is 42.8 Å². The maximum absolute atomic E-state index is 12.0. The van der Waals surface area contributed by atoms with Crippen LogP contribution in [0.15, 0.2) is 18.3 Å². The number of nitrogens with zero attached hydrogens (tertiary/aromatic N) is 3. The number of pyridine rings is 1. The second kappa shape index (κ2) is 7.86. The molecule has 1 aromatic rings. The number of likely N-dealkylation sites (N-methyl/N-ethyl adjacent to an activating group) is 2. The van der Waals surface area contributed by atoms with E-state index in [1.165, 1.54) is 0 Å². The Morgan fingerprint density at radius 3 is 2.63 bits per heavy atom. The van der Waals surface area contributed by atoms with Crippen molar-refractivity contribution in [1.82, 2.24) is 14.8 Å². The maximum Gasteiger partial charge on any atom is 0.236 e. The van der Waals surface area contributed by atoms with Crippen LogP contribution in [-0.2, 0) is 17.9 Å². The molecular formula is C14H24N4O. The first-order chi connectivity index (χ1) is 9.10. The minimum absolute atomic E-state index is 0.167. The summed E-state index contributed by atoms with van der Waals surface area (Å²) in [7, 11) is 1.95. The fourth-order valence-electron chi connectivity index (χ4n) is 2.01. The van der Waals surface area contributed by atoms with Gasteiger partial charge in [-0.25, -0.2) is 0 Å². The Morgan fingerprint density at radius 1 is 1.37 bits per heavy atom. The Bertz CT molecular complexity index is 404. The highest BCUT2D eigenvalue weighted by molar-refractivity contribution is 5.78. The summed E-state index contributed by atoms with van der Waals surface area (Å²) in [6.45, 7) is 7.11. The van der Waals surface area contributed by atoms with Crippen molar-refractivity contribution < 1.29 is 4.79 Å². The van der Waals surface area contributed by atoms with E-state index in [-0.39, 0.29) is 5.91 Å². The number of hydrogen-bond donors (Lipinski definition) is 1. The summed E-state index contributed by atoms with van der Waals surface area (Å²) in [5.41, 5.74) is 7.57. The largest absolute Gasteiger partial charge is 0.342 e. The molecule has 0 bridgehead atoms. The minimum atomic E-state index is 0.167. The number of carbonyl (C=O) groups is 1. The van der Waals surface area contributed by atoms with Crippen molar-refractivity contribution in [3.63, 3.8) is 0 Å². The summed E-state index contributed by atoms with van der Waals surface area (Å²) in [4.78, 5) is 20.0. The third kappa shape index (κ3) is 4.96. The van der Waals surface area contributed by atoms with Crippen LogP contribution in [0.2, 0.25) is 0 Å². The van der Waals surface area contributed by atoms with Crippen LogP contribution in [0, 0.1) is 0 Å². The summed E-state index contributed by atoms with van der Waals surface area (Å²) in [5.74, 6) is 0.167. The molecule has 0 aliphatic carbocycles. The van der Waals surface area contributed by atoms with Crippen LogP contribution >= 0.6 is 0 Å². The first-order valence-corrected chi connectivity index (χ1v) is 6.70.